The minimum atomic E-state index is -3.78. The van der Waals surface area contributed by atoms with Gasteiger partial charge in [0.1, 0.15) is 4.90 Å². The molecule has 0 saturated heterocycles. The van der Waals surface area contributed by atoms with Crippen molar-refractivity contribution in [3.8, 4) is 0 Å². The Morgan fingerprint density at radius 2 is 2.20 bits per heavy atom. The standard InChI is InChI=1S/C12H15ClN2O4S/c1-7(2-3-16)15-20(18,19)11-4-8-5-12(17)14-10(8)6-9(11)13/h4,6-7,15-16H,2-3,5H2,1H3,(H,14,17). The average Bonchev–Trinajstić information content (AvgIpc) is 2.66. The van der Waals surface area contributed by atoms with E-state index in [4.69, 9.17) is 16.7 Å². The van der Waals surface area contributed by atoms with E-state index in [1.807, 2.05) is 0 Å². The highest BCUT2D eigenvalue weighted by Gasteiger charge is 2.25. The van der Waals surface area contributed by atoms with Gasteiger partial charge in [0.25, 0.3) is 0 Å². The zero-order valence-corrected chi connectivity index (χ0v) is 12.4. The van der Waals surface area contributed by atoms with Crippen LogP contribution in [0.15, 0.2) is 17.0 Å². The van der Waals surface area contributed by atoms with E-state index in [0.717, 1.165) is 0 Å². The number of carbonyl (C=O) groups excluding carboxylic acids is 1. The van der Waals surface area contributed by atoms with Gasteiger partial charge in [-0.25, -0.2) is 13.1 Å². The molecule has 0 aromatic heterocycles. The lowest BCUT2D eigenvalue weighted by Crippen LogP contribution is -2.33. The van der Waals surface area contributed by atoms with Crippen molar-refractivity contribution in [3.63, 3.8) is 0 Å². The first-order chi connectivity index (χ1) is 9.33. The van der Waals surface area contributed by atoms with Crippen molar-refractivity contribution < 1.29 is 18.3 Å². The van der Waals surface area contributed by atoms with E-state index in [-0.39, 0.29) is 28.9 Å². The number of fused-ring (bicyclic) bond motifs is 1. The third-order valence-corrected chi connectivity index (χ3v) is 5.05. The minimum Gasteiger partial charge on any atom is -0.396 e. The third kappa shape index (κ3) is 3.12. The fourth-order valence-electron chi connectivity index (χ4n) is 2.01. The molecule has 1 atom stereocenters. The number of hydrogen-bond acceptors (Lipinski definition) is 4. The van der Waals surface area contributed by atoms with Gasteiger partial charge in [-0.05, 0) is 31.0 Å². The molecule has 1 aliphatic heterocycles. The van der Waals surface area contributed by atoms with Crippen LogP contribution in [0.3, 0.4) is 0 Å². The Hall–Kier alpha value is -1.15. The number of benzene rings is 1. The van der Waals surface area contributed by atoms with Crippen LogP contribution in [0.1, 0.15) is 18.9 Å². The van der Waals surface area contributed by atoms with E-state index in [1.165, 1.54) is 12.1 Å². The van der Waals surface area contributed by atoms with Gasteiger partial charge >= 0.3 is 0 Å². The summed E-state index contributed by atoms with van der Waals surface area (Å²) in [4.78, 5) is 11.2. The summed E-state index contributed by atoms with van der Waals surface area (Å²) in [5.74, 6) is -0.188. The van der Waals surface area contributed by atoms with Gasteiger partial charge in [-0.2, -0.15) is 0 Å². The molecule has 8 heteroatoms. The van der Waals surface area contributed by atoms with Crippen molar-refractivity contribution in [1.82, 2.24) is 4.72 Å². The van der Waals surface area contributed by atoms with E-state index in [1.54, 1.807) is 6.92 Å². The lowest BCUT2D eigenvalue weighted by molar-refractivity contribution is -0.115. The molecular weight excluding hydrogens is 304 g/mol. The van der Waals surface area contributed by atoms with Gasteiger partial charge in [0, 0.05) is 18.3 Å². The summed E-state index contributed by atoms with van der Waals surface area (Å²) < 4.78 is 26.9. The maximum atomic E-state index is 12.2. The fourth-order valence-corrected chi connectivity index (χ4v) is 3.87. The van der Waals surface area contributed by atoms with Crippen LogP contribution < -0.4 is 10.0 Å². The molecular formula is C12H15ClN2O4S. The molecule has 1 unspecified atom stereocenters. The summed E-state index contributed by atoms with van der Waals surface area (Å²) in [5, 5.41) is 11.5. The van der Waals surface area contributed by atoms with Crippen LogP contribution in [0.25, 0.3) is 0 Å². The Balaban J connectivity index is 2.33. The van der Waals surface area contributed by atoms with Gasteiger partial charge in [-0.1, -0.05) is 11.6 Å². The lowest BCUT2D eigenvalue weighted by atomic mass is 10.2. The van der Waals surface area contributed by atoms with E-state index >= 15 is 0 Å². The smallest absolute Gasteiger partial charge is 0.242 e. The van der Waals surface area contributed by atoms with Crippen molar-refractivity contribution in [3.05, 3.63) is 22.7 Å². The molecule has 1 aromatic rings. The molecule has 0 aliphatic carbocycles. The minimum absolute atomic E-state index is 0.0506. The van der Waals surface area contributed by atoms with Crippen molar-refractivity contribution in [1.29, 1.82) is 0 Å². The first kappa shape index (κ1) is 15.2. The summed E-state index contributed by atoms with van der Waals surface area (Å²) in [5.41, 5.74) is 1.15. The predicted octanol–water partition coefficient (Wildman–Crippen LogP) is 0.884. The average molecular weight is 319 g/mol. The second kappa shape index (κ2) is 5.69. The molecule has 0 saturated carbocycles. The van der Waals surface area contributed by atoms with Gasteiger partial charge in [0.15, 0.2) is 0 Å². The largest absolute Gasteiger partial charge is 0.396 e. The Labute approximate surface area is 122 Å². The molecule has 6 nitrogen and oxygen atoms in total. The molecule has 1 aliphatic rings. The van der Waals surface area contributed by atoms with Crippen molar-refractivity contribution in [2.45, 2.75) is 30.7 Å². The molecule has 2 rings (SSSR count). The molecule has 3 N–H and O–H groups in total. The summed E-state index contributed by atoms with van der Waals surface area (Å²) in [6, 6.07) is 2.44. The summed E-state index contributed by atoms with van der Waals surface area (Å²) in [7, 11) is -3.78. The molecule has 1 heterocycles. The topological polar surface area (TPSA) is 95.5 Å². The van der Waals surface area contributed by atoms with E-state index < -0.39 is 16.1 Å². The number of sulfonamides is 1. The van der Waals surface area contributed by atoms with Crippen LogP contribution in [0.2, 0.25) is 5.02 Å². The van der Waals surface area contributed by atoms with Gasteiger partial charge in [0.05, 0.1) is 11.4 Å². The SMILES string of the molecule is CC(CCO)NS(=O)(=O)c1cc2c(cc1Cl)NC(=O)C2. The van der Waals surface area contributed by atoms with Crippen molar-refractivity contribution in [2.24, 2.45) is 0 Å². The van der Waals surface area contributed by atoms with Gasteiger partial charge in [0.2, 0.25) is 15.9 Å². The Morgan fingerprint density at radius 3 is 2.85 bits per heavy atom. The van der Waals surface area contributed by atoms with E-state index in [9.17, 15) is 13.2 Å². The molecule has 0 bridgehead atoms. The number of halogens is 1. The quantitative estimate of drug-likeness (QED) is 0.751. The number of hydrogen-bond donors (Lipinski definition) is 3. The lowest BCUT2D eigenvalue weighted by Gasteiger charge is -2.14. The highest BCUT2D eigenvalue weighted by atomic mass is 35.5. The second-order valence-electron chi connectivity index (χ2n) is 4.70. The number of nitrogens with one attached hydrogen (secondary N) is 2. The number of aliphatic hydroxyl groups is 1. The Morgan fingerprint density at radius 1 is 1.50 bits per heavy atom. The van der Waals surface area contributed by atoms with Gasteiger partial charge in [-0.3, -0.25) is 4.79 Å². The first-order valence-corrected chi connectivity index (χ1v) is 7.95. The van der Waals surface area contributed by atoms with Crippen LogP contribution in [0.5, 0.6) is 0 Å². The highest BCUT2D eigenvalue weighted by Crippen LogP contribution is 2.32. The number of anilines is 1. The van der Waals surface area contributed by atoms with Crippen LogP contribution in [-0.2, 0) is 21.2 Å². The molecule has 0 spiro atoms. The van der Waals surface area contributed by atoms with E-state index in [0.29, 0.717) is 17.7 Å². The van der Waals surface area contributed by atoms with Crippen molar-refractivity contribution in [2.75, 3.05) is 11.9 Å². The molecule has 0 fully saturated rings. The highest BCUT2D eigenvalue weighted by molar-refractivity contribution is 7.89. The second-order valence-corrected chi connectivity index (χ2v) is 6.79. The summed E-state index contributed by atoms with van der Waals surface area (Å²) in [6.45, 7) is 1.54. The number of carbonyl (C=O) groups is 1. The van der Waals surface area contributed by atoms with E-state index in [2.05, 4.69) is 10.0 Å². The van der Waals surface area contributed by atoms with Crippen LogP contribution in [-0.4, -0.2) is 32.1 Å². The fraction of sp³-hybridized carbons (Fsp3) is 0.417. The zero-order chi connectivity index (χ0) is 14.9. The van der Waals surface area contributed by atoms with Crippen LogP contribution in [0, 0.1) is 0 Å². The number of aliphatic hydroxyl groups excluding tert-OH is 1. The summed E-state index contributed by atoms with van der Waals surface area (Å²) >= 11 is 5.98. The number of amides is 1. The maximum absolute atomic E-state index is 12.2. The summed E-state index contributed by atoms with van der Waals surface area (Å²) in [6.07, 6.45) is 0.447. The molecule has 110 valence electrons. The molecule has 1 amide bonds. The molecule has 0 radical (unpaired) electrons. The van der Waals surface area contributed by atoms with Crippen LogP contribution in [0.4, 0.5) is 5.69 Å². The third-order valence-electron chi connectivity index (χ3n) is 2.99. The van der Waals surface area contributed by atoms with Crippen molar-refractivity contribution >= 4 is 33.2 Å². The normalized spacial score (nSPS) is 15.8. The molecule has 1 aromatic carbocycles. The monoisotopic (exact) mass is 318 g/mol. The Bertz CT molecular complexity index is 645. The van der Waals surface area contributed by atoms with Gasteiger partial charge in [-0.15, -0.1) is 0 Å². The first-order valence-electron chi connectivity index (χ1n) is 6.09. The van der Waals surface area contributed by atoms with Gasteiger partial charge < -0.3 is 10.4 Å². The maximum Gasteiger partial charge on any atom is 0.242 e. The molecule has 20 heavy (non-hydrogen) atoms. The van der Waals surface area contributed by atoms with Crippen LogP contribution >= 0.6 is 11.6 Å². The number of rotatable bonds is 5. The zero-order valence-electron chi connectivity index (χ0n) is 10.8. The predicted molar refractivity (Wildman–Crippen MR) is 75.3 cm³/mol. The Kier molecular flexibility index (Phi) is 4.33.